The van der Waals surface area contributed by atoms with Crippen LogP contribution < -0.4 is 0 Å². The molecule has 0 heterocycles. The monoisotopic (exact) mass is 410 g/mol. The van der Waals surface area contributed by atoms with Gasteiger partial charge in [-0.25, -0.2) is 0 Å². The molecule has 1 fully saturated rings. The van der Waals surface area contributed by atoms with E-state index in [-0.39, 0.29) is 29.5 Å². The van der Waals surface area contributed by atoms with Crippen molar-refractivity contribution >= 4 is 11.6 Å². The van der Waals surface area contributed by atoms with Crippen LogP contribution in [0, 0.1) is 23.2 Å². The summed E-state index contributed by atoms with van der Waals surface area (Å²) in [7, 11) is 0. The Morgan fingerprint density at radius 1 is 1.34 bits per heavy atom. The summed E-state index contributed by atoms with van der Waals surface area (Å²) in [4.78, 5) is 23.8. The Bertz CT molecular complexity index is 775. The number of alkyl halides is 3. The van der Waals surface area contributed by atoms with Crippen LogP contribution >= 0.6 is 0 Å². The molecule has 0 radical (unpaired) electrons. The fourth-order valence-corrected chi connectivity index (χ4v) is 5.54. The molecule has 3 nitrogen and oxygen atoms in total. The Morgan fingerprint density at radius 2 is 2.07 bits per heavy atom. The minimum absolute atomic E-state index is 0.00168. The SMILES string of the molecule is CC[C@@H](C(=O)CO)/C(=C\C1CCC=C2C1CCC1=CC(=O)CC[C@@]12C)C(F)(F)F. The molecule has 0 aliphatic heterocycles. The summed E-state index contributed by atoms with van der Waals surface area (Å²) >= 11 is 0. The topological polar surface area (TPSA) is 54.4 Å². The highest BCUT2D eigenvalue weighted by atomic mass is 19.4. The van der Waals surface area contributed by atoms with Crippen LogP contribution in [0.3, 0.4) is 0 Å². The van der Waals surface area contributed by atoms with Crippen molar-refractivity contribution in [3.8, 4) is 0 Å². The van der Waals surface area contributed by atoms with Gasteiger partial charge in [-0.3, -0.25) is 9.59 Å². The van der Waals surface area contributed by atoms with Gasteiger partial charge in [0.1, 0.15) is 6.61 Å². The zero-order valence-corrected chi connectivity index (χ0v) is 17.0. The van der Waals surface area contributed by atoms with E-state index in [2.05, 4.69) is 13.0 Å². The highest BCUT2D eigenvalue weighted by Crippen LogP contribution is 2.56. The van der Waals surface area contributed by atoms with Crippen LogP contribution in [0.5, 0.6) is 0 Å². The lowest BCUT2D eigenvalue weighted by molar-refractivity contribution is -0.131. The van der Waals surface area contributed by atoms with Crippen molar-refractivity contribution in [2.24, 2.45) is 23.2 Å². The van der Waals surface area contributed by atoms with E-state index in [9.17, 15) is 22.8 Å². The van der Waals surface area contributed by atoms with Gasteiger partial charge in [0, 0.05) is 23.3 Å². The number of hydrogen-bond donors (Lipinski definition) is 1. The standard InChI is InChI=1S/C23H29F3O3/c1-3-17(21(29)13-27)20(23(24,25)26)11-14-5-4-6-19-18(14)8-7-15-12-16(28)9-10-22(15,19)2/h6,11-12,14,17-18,27H,3-5,7-10,13H2,1-2H3/b20-11+/t14?,17-,18?,22+/m1/s1. The van der Waals surface area contributed by atoms with Crippen molar-refractivity contribution in [3.05, 3.63) is 34.9 Å². The van der Waals surface area contributed by atoms with E-state index in [1.54, 1.807) is 13.0 Å². The second-order valence-corrected chi connectivity index (χ2v) is 8.72. The third-order valence-corrected chi connectivity index (χ3v) is 7.11. The van der Waals surface area contributed by atoms with E-state index < -0.39 is 30.1 Å². The summed E-state index contributed by atoms with van der Waals surface area (Å²) in [6.07, 6.45) is 4.54. The molecule has 4 atom stereocenters. The molecule has 0 aromatic rings. The van der Waals surface area contributed by atoms with Crippen molar-refractivity contribution in [1.29, 1.82) is 0 Å². The van der Waals surface area contributed by atoms with Gasteiger partial charge in [0.15, 0.2) is 11.6 Å². The second-order valence-electron chi connectivity index (χ2n) is 8.72. The molecule has 3 aliphatic rings. The van der Waals surface area contributed by atoms with Gasteiger partial charge in [0.2, 0.25) is 0 Å². The number of ketones is 2. The molecule has 0 aromatic carbocycles. The minimum Gasteiger partial charge on any atom is -0.389 e. The van der Waals surface area contributed by atoms with Crippen LogP contribution in [0.25, 0.3) is 0 Å². The van der Waals surface area contributed by atoms with E-state index in [1.165, 1.54) is 6.08 Å². The number of carbonyl (C=O) groups is 2. The van der Waals surface area contributed by atoms with Crippen LogP contribution in [-0.2, 0) is 9.59 Å². The van der Waals surface area contributed by atoms with E-state index in [4.69, 9.17) is 5.11 Å². The summed E-state index contributed by atoms with van der Waals surface area (Å²) in [6.45, 7) is 2.78. The second kappa shape index (κ2) is 8.21. The van der Waals surface area contributed by atoms with Crippen molar-refractivity contribution < 1.29 is 27.9 Å². The normalized spacial score (nSPS) is 31.4. The number of halogens is 3. The first-order chi connectivity index (χ1) is 13.6. The Balaban J connectivity index is 1.97. The molecule has 0 aromatic heterocycles. The van der Waals surface area contributed by atoms with E-state index in [1.807, 2.05) is 0 Å². The first-order valence-corrected chi connectivity index (χ1v) is 10.5. The van der Waals surface area contributed by atoms with Crippen LogP contribution in [0.2, 0.25) is 0 Å². The number of aliphatic hydroxyl groups excluding tert-OH is 1. The van der Waals surface area contributed by atoms with Crippen molar-refractivity contribution in [1.82, 2.24) is 0 Å². The summed E-state index contributed by atoms with van der Waals surface area (Å²) < 4.78 is 41.6. The number of allylic oxidation sites excluding steroid dienone is 6. The summed E-state index contributed by atoms with van der Waals surface area (Å²) in [5.74, 6) is -2.26. The number of hydrogen-bond acceptors (Lipinski definition) is 3. The maximum absolute atomic E-state index is 13.9. The van der Waals surface area contributed by atoms with Crippen LogP contribution in [-0.4, -0.2) is 29.5 Å². The number of rotatable bonds is 5. The Labute approximate surface area is 169 Å². The van der Waals surface area contributed by atoms with Gasteiger partial charge in [-0.1, -0.05) is 37.1 Å². The lowest BCUT2D eigenvalue weighted by atomic mass is 9.55. The van der Waals surface area contributed by atoms with E-state index in [0.29, 0.717) is 25.7 Å². The molecular weight excluding hydrogens is 381 g/mol. The number of fused-ring (bicyclic) bond motifs is 3. The Hall–Kier alpha value is -1.69. The summed E-state index contributed by atoms with van der Waals surface area (Å²) in [6, 6.07) is 0. The predicted molar refractivity (Wildman–Crippen MR) is 104 cm³/mol. The molecule has 6 heteroatoms. The number of aliphatic hydroxyl groups is 1. The summed E-state index contributed by atoms with van der Waals surface area (Å²) in [5, 5.41) is 9.14. The Kier molecular flexibility index (Phi) is 6.23. The molecule has 0 spiro atoms. The van der Waals surface area contributed by atoms with Crippen LogP contribution in [0.4, 0.5) is 13.2 Å². The highest BCUT2D eigenvalue weighted by Gasteiger charge is 2.47. The third kappa shape index (κ3) is 4.14. The molecule has 3 aliphatic carbocycles. The number of carbonyl (C=O) groups excluding carboxylic acids is 2. The van der Waals surface area contributed by atoms with Gasteiger partial charge in [-0.15, -0.1) is 0 Å². The van der Waals surface area contributed by atoms with Gasteiger partial charge >= 0.3 is 6.18 Å². The van der Waals surface area contributed by atoms with Crippen LogP contribution in [0.1, 0.15) is 58.8 Å². The molecule has 29 heavy (non-hydrogen) atoms. The smallest absolute Gasteiger partial charge is 0.389 e. The van der Waals surface area contributed by atoms with Gasteiger partial charge in [0.05, 0.1) is 0 Å². The molecule has 2 unspecified atom stereocenters. The third-order valence-electron chi connectivity index (χ3n) is 7.11. The largest absolute Gasteiger partial charge is 0.413 e. The maximum atomic E-state index is 13.9. The molecular formula is C23H29F3O3. The highest BCUT2D eigenvalue weighted by molar-refractivity contribution is 5.92. The molecule has 0 amide bonds. The van der Waals surface area contributed by atoms with Crippen molar-refractivity contribution in [2.45, 2.75) is 65.0 Å². The van der Waals surface area contributed by atoms with Crippen molar-refractivity contribution in [3.63, 3.8) is 0 Å². The fraction of sp³-hybridized carbons (Fsp3) is 0.652. The molecule has 0 saturated heterocycles. The predicted octanol–water partition coefficient (Wildman–Crippen LogP) is 5.10. The lowest BCUT2D eigenvalue weighted by Crippen LogP contribution is -2.39. The molecule has 160 valence electrons. The van der Waals surface area contributed by atoms with Gasteiger partial charge in [0.25, 0.3) is 0 Å². The molecule has 3 rings (SSSR count). The average Bonchev–Trinajstić information content (AvgIpc) is 2.67. The van der Waals surface area contributed by atoms with Gasteiger partial charge in [-0.05, 0) is 56.4 Å². The Morgan fingerprint density at radius 3 is 2.69 bits per heavy atom. The summed E-state index contributed by atoms with van der Waals surface area (Å²) in [5.41, 5.74) is 1.22. The quantitative estimate of drug-likeness (QED) is 0.641. The first kappa shape index (κ1) is 22.0. The zero-order valence-electron chi connectivity index (χ0n) is 17.0. The lowest BCUT2D eigenvalue weighted by Gasteiger charge is -2.49. The molecule has 0 bridgehead atoms. The maximum Gasteiger partial charge on any atom is 0.413 e. The van der Waals surface area contributed by atoms with Gasteiger partial charge < -0.3 is 5.11 Å². The van der Waals surface area contributed by atoms with E-state index in [0.717, 1.165) is 24.0 Å². The van der Waals surface area contributed by atoms with Gasteiger partial charge in [-0.2, -0.15) is 13.2 Å². The number of Topliss-reactive ketones (excluding diaryl/α,β-unsaturated/α-hetero) is 1. The van der Waals surface area contributed by atoms with Crippen molar-refractivity contribution in [2.75, 3.05) is 6.61 Å². The molecule has 1 saturated carbocycles. The van der Waals surface area contributed by atoms with E-state index >= 15 is 0 Å². The molecule has 1 N–H and O–H groups in total. The minimum atomic E-state index is -4.60. The first-order valence-electron chi connectivity index (χ1n) is 10.5. The fourth-order valence-electron chi connectivity index (χ4n) is 5.54. The average molecular weight is 410 g/mol. The zero-order chi connectivity index (χ0) is 21.4. The van der Waals surface area contributed by atoms with Crippen LogP contribution in [0.15, 0.2) is 34.9 Å².